The zero-order chi connectivity index (χ0) is 22.6. The third-order valence-corrected chi connectivity index (χ3v) is 5.06. The molecule has 0 spiro atoms. The Labute approximate surface area is 196 Å². The minimum atomic E-state index is -0.242. The Morgan fingerprint density at radius 2 is 1.19 bits per heavy atom. The lowest BCUT2D eigenvalue weighted by atomic mass is 10.1. The third kappa shape index (κ3) is 9.31. The molecule has 0 saturated heterocycles. The molecule has 0 aliphatic heterocycles. The van der Waals surface area contributed by atoms with E-state index in [9.17, 15) is 19.8 Å². The minimum Gasteiger partial charge on any atom is -0.507 e. The number of hydrogen-bond donors (Lipinski definition) is 4. The zero-order valence-corrected chi connectivity index (χ0v) is 19.7. The van der Waals surface area contributed by atoms with Crippen LogP contribution in [0.2, 0.25) is 0 Å². The molecule has 4 N–H and O–H groups in total. The van der Waals surface area contributed by atoms with E-state index in [0.717, 1.165) is 8.95 Å². The van der Waals surface area contributed by atoms with E-state index in [1.807, 2.05) is 0 Å². The fraction of sp³-hybridized carbons (Fsp3) is 0.238. The fourth-order valence-corrected chi connectivity index (χ4v) is 3.22. The van der Waals surface area contributed by atoms with Crippen molar-refractivity contribution in [2.24, 2.45) is 10.2 Å². The quantitative estimate of drug-likeness (QED) is 0.200. The summed E-state index contributed by atoms with van der Waals surface area (Å²) in [6.45, 7) is 0. The number of halogens is 2. The molecule has 0 aliphatic carbocycles. The van der Waals surface area contributed by atoms with E-state index in [0.29, 0.717) is 30.4 Å². The van der Waals surface area contributed by atoms with Crippen LogP contribution in [0.5, 0.6) is 11.5 Å². The number of nitrogens with zero attached hydrogens (tertiary/aromatic N) is 2. The van der Waals surface area contributed by atoms with Gasteiger partial charge in [0.05, 0.1) is 12.4 Å². The van der Waals surface area contributed by atoms with Crippen LogP contribution in [0.15, 0.2) is 55.5 Å². The van der Waals surface area contributed by atoms with Gasteiger partial charge in [-0.05, 0) is 49.2 Å². The third-order valence-electron chi connectivity index (χ3n) is 4.07. The van der Waals surface area contributed by atoms with Gasteiger partial charge in [-0.1, -0.05) is 38.3 Å². The molecule has 2 aromatic carbocycles. The van der Waals surface area contributed by atoms with Gasteiger partial charge in [-0.25, -0.2) is 10.9 Å². The molecular weight excluding hydrogens is 532 g/mol. The van der Waals surface area contributed by atoms with Crippen LogP contribution in [0.25, 0.3) is 0 Å². The summed E-state index contributed by atoms with van der Waals surface area (Å²) in [7, 11) is 0. The van der Waals surface area contributed by atoms with Crippen LogP contribution in [0.3, 0.4) is 0 Å². The van der Waals surface area contributed by atoms with Gasteiger partial charge in [-0.2, -0.15) is 10.2 Å². The molecule has 31 heavy (non-hydrogen) atoms. The van der Waals surface area contributed by atoms with E-state index in [1.165, 1.54) is 24.6 Å². The second kappa shape index (κ2) is 12.9. The normalized spacial score (nSPS) is 11.2. The van der Waals surface area contributed by atoms with Gasteiger partial charge in [-0.3, -0.25) is 9.59 Å². The molecular formula is C21H22Br2N4O4. The van der Waals surface area contributed by atoms with Crippen molar-refractivity contribution in [1.82, 2.24) is 10.9 Å². The number of rotatable bonds is 10. The van der Waals surface area contributed by atoms with Gasteiger partial charge in [-0.15, -0.1) is 0 Å². The Bertz CT molecular complexity index is 902. The minimum absolute atomic E-state index is 0.0669. The van der Waals surface area contributed by atoms with Crippen LogP contribution in [0, 0.1) is 0 Å². The summed E-state index contributed by atoms with van der Waals surface area (Å²) in [6.07, 6.45) is 5.24. The summed E-state index contributed by atoms with van der Waals surface area (Å²) in [6, 6.07) is 9.82. The molecule has 0 aliphatic rings. The smallest absolute Gasteiger partial charge is 0.240 e. The summed E-state index contributed by atoms with van der Waals surface area (Å²) < 4.78 is 1.58. The number of carbonyl (C=O) groups is 2. The molecule has 0 atom stereocenters. The highest BCUT2D eigenvalue weighted by Crippen LogP contribution is 2.20. The standard InChI is InChI=1S/C21H22Br2N4O4/c22-16-6-8-18(28)14(10-16)12-24-26-20(30)4-2-1-3-5-21(31)27-25-13-15-11-17(23)7-9-19(15)29/h6-13,28-29H,1-5H2,(H,26,30)(H,27,31). The largest absolute Gasteiger partial charge is 0.507 e. The number of hydrazone groups is 2. The second-order valence-electron chi connectivity index (χ2n) is 6.55. The van der Waals surface area contributed by atoms with Crippen LogP contribution >= 0.6 is 31.9 Å². The van der Waals surface area contributed by atoms with Crippen molar-refractivity contribution in [2.75, 3.05) is 0 Å². The second-order valence-corrected chi connectivity index (χ2v) is 8.38. The van der Waals surface area contributed by atoms with Crippen molar-refractivity contribution in [3.05, 3.63) is 56.5 Å². The molecule has 0 saturated carbocycles. The number of benzene rings is 2. The number of hydrogen-bond acceptors (Lipinski definition) is 6. The number of nitrogens with one attached hydrogen (secondary N) is 2. The number of phenolic OH excluding ortho intramolecular Hbond substituents is 2. The number of aromatic hydroxyl groups is 2. The molecule has 0 heterocycles. The SMILES string of the molecule is O=C(CCCCCC(=O)NN=Cc1cc(Br)ccc1O)NN=Cc1cc(Br)ccc1O. The van der Waals surface area contributed by atoms with Crippen molar-refractivity contribution in [3.63, 3.8) is 0 Å². The van der Waals surface area contributed by atoms with E-state index >= 15 is 0 Å². The predicted molar refractivity (Wildman–Crippen MR) is 126 cm³/mol. The van der Waals surface area contributed by atoms with Gasteiger partial charge in [0.25, 0.3) is 0 Å². The monoisotopic (exact) mass is 552 g/mol. The molecule has 2 rings (SSSR count). The molecule has 8 nitrogen and oxygen atoms in total. The molecule has 0 fully saturated rings. The number of carbonyl (C=O) groups excluding carboxylic acids is 2. The van der Waals surface area contributed by atoms with Crippen LogP contribution in [0.4, 0.5) is 0 Å². The molecule has 164 valence electrons. The molecule has 2 amide bonds. The maximum atomic E-state index is 11.8. The van der Waals surface area contributed by atoms with Crippen molar-refractivity contribution in [1.29, 1.82) is 0 Å². The highest BCUT2D eigenvalue weighted by Gasteiger charge is 2.04. The van der Waals surface area contributed by atoms with Gasteiger partial charge in [0.15, 0.2) is 0 Å². The Hall–Kier alpha value is -2.72. The lowest BCUT2D eigenvalue weighted by Crippen LogP contribution is -2.18. The van der Waals surface area contributed by atoms with Gasteiger partial charge in [0, 0.05) is 32.9 Å². The highest BCUT2D eigenvalue weighted by atomic mass is 79.9. The average molecular weight is 554 g/mol. The van der Waals surface area contributed by atoms with Gasteiger partial charge in [0.1, 0.15) is 11.5 Å². The fourth-order valence-electron chi connectivity index (χ4n) is 2.46. The Balaban J connectivity index is 1.59. The van der Waals surface area contributed by atoms with E-state index in [1.54, 1.807) is 24.3 Å². The van der Waals surface area contributed by atoms with Crippen molar-refractivity contribution in [3.8, 4) is 11.5 Å². The summed E-state index contributed by atoms with van der Waals surface area (Å²) >= 11 is 6.60. The van der Waals surface area contributed by atoms with E-state index in [-0.39, 0.29) is 36.2 Å². The molecule has 0 unspecified atom stereocenters. The molecule has 2 aromatic rings. The van der Waals surface area contributed by atoms with Crippen molar-refractivity contribution in [2.45, 2.75) is 32.1 Å². The molecule has 10 heteroatoms. The predicted octanol–water partition coefficient (Wildman–Crippen LogP) is 4.17. The lowest BCUT2D eigenvalue weighted by molar-refractivity contribution is -0.121. The first-order valence-corrected chi connectivity index (χ1v) is 11.0. The summed E-state index contributed by atoms with van der Waals surface area (Å²) in [4.78, 5) is 23.6. The topological polar surface area (TPSA) is 123 Å². The summed E-state index contributed by atoms with van der Waals surface area (Å²) in [5.41, 5.74) is 5.79. The average Bonchev–Trinajstić information content (AvgIpc) is 2.73. The molecule has 0 aromatic heterocycles. The summed E-state index contributed by atoms with van der Waals surface area (Å²) in [5.74, 6) is -0.350. The highest BCUT2D eigenvalue weighted by molar-refractivity contribution is 9.10. The van der Waals surface area contributed by atoms with E-state index in [2.05, 4.69) is 52.9 Å². The van der Waals surface area contributed by atoms with Crippen LogP contribution in [0.1, 0.15) is 43.2 Å². The van der Waals surface area contributed by atoms with E-state index in [4.69, 9.17) is 0 Å². The lowest BCUT2D eigenvalue weighted by Gasteiger charge is -2.02. The maximum absolute atomic E-state index is 11.8. The Morgan fingerprint density at radius 3 is 1.61 bits per heavy atom. The summed E-state index contributed by atoms with van der Waals surface area (Å²) in [5, 5.41) is 27.1. The number of unbranched alkanes of at least 4 members (excludes halogenated alkanes) is 2. The van der Waals surface area contributed by atoms with Crippen molar-refractivity contribution < 1.29 is 19.8 Å². The molecule has 0 radical (unpaired) electrons. The molecule has 0 bridgehead atoms. The van der Waals surface area contributed by atoms with Gasteiger partial charge in [0.2, 0.25) is 11.8 Å². The Morgan fingerprint density at radius 1 is 0.774 bits per heavy atom. The van der Waals surface area contributed by atoms with Crippen LogP contribution in [-0.2, 0) is 9.59 Å². The van der Waals surface area contributed by atoms with Crippen LogP contribution < -0.4 is 10.9 Å². The first-order chi connectivity index (χ1) is 14.8. The van der Waals surface area contributed by atoms with E-state index < -0.39 is 0 Å². The van der Waals surface area contributed by atoms with Gasteiger partial charge >= 0.3 is 0 Å². The zero-order valence-electron chi connectivity index (χ0n) is 16.5. The van der Waals surface area contributed by atoms with Crippen LogP contribution in [-0.4, -0.2) is 34.5 Å². The van der Waals surface area contributed by atoms with Crippen molar-refractivity contribution >= 4 is 56.1 Å². The number of amides is 2. The number of phenols is 2. The first kappa shape index (κ1) is 24.5. The maximum Gasteiger partial charge on any atom is 0.240 e. The Kier molecular flexibility index (Phi) is 10.2. The van der Waals surface area contributed by atoms with Gasteiger partial charge < -0.3 is 10.2 Å². The first-order valence-electron chi connectivity index (χ1n) is 9.46.